The lowest BCUT2D eigenvalue weighted by Gasteiger charge is -2.33. The second-order valence-corrected chi connectivity index (χ2v) is 8.21. The fraction of sp³-hybridized carbons (Fsp3) is 0.500. The molecule has 0 spiro atoms. The quantitative estimate of drug-likeness (QED) is 0.767. The van der Waals surface area contributed by atoms with Crippen LogP contribution in [-0.2, 0) is 15.8 Å². The minimum atomic E-state index is -4.65. The summed E-state index contributed by atoms with van der Waals surface area (Å²) in [5.41, 5.74) is -0.659. The number of alkyl halides is 3. The number of likely N-dealkylation sites (tertiary alicyclic amines) is 1. The zero-order valence-electron chi connectivity index (χ0n) is 17.9. The van der Waals surface area contributed by atoms with Gasteiger partial charge < -0.3 is 15.1 Å². The van der Waals surface area contributed by atoms with Crippen LogP contribution in [0.1, 0.15) is 43.9 Å². The van der Waals surface area contributed by atoms with Crippen LogP contribution in [0.2, 0.25) is 0 Å². The third kappa shape index (κ3) is 3.61. The number of hydrogen-bond acceptors (Lipinski definition) is 3. The Labute approximate surface area is 183 Å². The average molecular weight is 450 g/mol. The Morgan fingerprint density at radius 2 is 1.84 bits per heavy atom. The van der Waals surface area contributed by atoms with E-state index in [2.05, 4.69) is 5.32 Å². The van der Waals surface area contributed by atoms with E-state index in [0.29, 0.717) is 18.8 Å². The van der Waals surface area contributed by atoms with Crippen molar-refractivity contribution in [3.63, 3.8) is 0 Å². The molecule has 1 aromatic rings. The van der Waals surface area contributed by atoms with Crippen LogP contribution in [0.5, 0.6) is 0 Å². The second-order valence-electron chi connectivity index (χ2n) is 8.21. The van der Waals surface area contributed by atoms with E-state index in [-0.39, 0.29) is 30.1 Å². The lowest BCUT2D eigenvalue weighted by atomic mass is 9.91. The molecule has 1 aromatic carbocycles. The van der Waals surface area contributed by atoms with Crippen LogP contribution in [0.25, 0.3) is 0 Å². The average Bonchev–Trinajstić information content (AvgIpc) is 3.40. The van der Waals surface area contributed by atoms with Gasteiger partial charge in [-0.1, -0.05) is 18.2 Å². The van der Waals surface area contributed by atoms with Crippen LogP contribution in [0, 0.1) is 0 Å². The van der Waals surface area contributed by atoms with Gasteiger partial charge in [0, 0.05) is 19.6 Å². The van der Waals surface area contributed by atoms with Crippen LogP contribution in [-0.4, -0.2) is 64.8 Å². The number of carbonyl (C=O) groups is 3. The number of amides is 4. The van der Waals surface area contributed by atoms with Crippen LogP contribution >= 0.6 is 0 Å². The molecule has 0 unspecified atom stereocenters. The van der Waals surface area contributed by atoms with Gasteiger partial charge in [-0.2, -0.15) is 13.2 Å². The summed E-state index contributed by atoms with van der Waals surface area (Å²) in [4.78, 5) is 43.5. The summed E-state index contributed by atoms with van der Waals surface area (Å²) in [6.45, 7) is 4.85. The predicted octanol–water partition coefficient (Wildman–Crippen LogP) is 2.90. The fourth-order valence-corrected chi connectivity index (χ4v) is 4.74. The van der Waals surface area contributed by atoms with E-state index in [9.17, 15) is 27.6 Å². The molecule has 32 heavy (non-hydrogen) atoms. The molecule has 4 amide bonds. The molecule has 7 nitrogen and oxygen atoms in total. The third-order valence-corrected chi connectivity index (χ3v) is 6.39. The van der Waals surface area contributed by atoms with Gasteiger partial charge in [0.15, 0.2) is 0 Å². The molecule has 172 valence electrons. The second kappa shape index (κ2) is 8.14. The normalized spacial score (nSPS) is 22.4. The largest absolute Gasteiger partial charge is 0.416 e. The number of likely N-dealkylation sites (N-methyl/N-ethyl adjacent to an activating group) is 1. The Bertz CT molecular complexity index is 985. The summed E-state index contributed by atoms with van der Waals surface area (Å²) in [6.07, 6.45) is -2.84. The molecule has 3 heterocycles. The lowest BCUT2D eigenvalue weighted by Crippen LogP contribution is -2.47. The van der Waals surface area contributed by atoms with Gasteiger partial charge >= 0.3 is 12.2 Å². The number of rotatable bonds is 4. The first-order chi connectivity index (χ1) is 15.1. The molecule has 0 aromatic heterocycles. The first-order valence-corrected chi connectivity index (χ1v) is 10.7. The molecule has 0 bridgehead atoms. The highest BCUT2D eigenvalue weighted by Gasteiger charge is 2.48. The van der Waals surface area contributed by atoms with Crippen molar-refractivity contribution in [1.82, 2.24) is 20.0 Å². The van der Waals surface area contributed by atoms with Crippen LogP contribution < -0.4 is 5.32 Å². The summed E-state index contributed by atoms with van der Waals surface area (Å²) in [5.74, 6) is -0.717. The molecule has 3 aliphatic heterocycles. The SMILES string of the molecule is CCN1C(=O)N[C@@H](c2ccccc2C(F)(F)F)C2=C1CN([C@@H](C)C(=O)N1CCCC1)C2=O. The first-order valence-electron chi connectivity index (χ1n) is 10.7. The molecule has 0 saturated carbocycles. The summed E-state index contributed by atoms with van der Waals surface area (Å²) in [7, 11) is 0. The molecule has 1 saturated heterocycles. The Kier molecular flexibility index (Phi) is 5.64. The van der Waals surface area contributed by atoms with E-state index in [0.717, 1.165) is 18.9 Å². The lowest BCUT2D eigenvalue weighted by molar-refractivity contribution is -0.141. The molecule has 2 atom stereocenters. The summed E-state index contributed by atoms with van der Waals surface area (Å²) in [6, 6.07) is 2.33. The van der Waals surface area contributed by atoms with Crippen molar-refractivity contribution in [2.24, 2.45) is 0 Å². The Morgan fingerprint density at radius 3 is 2.47 bits per heavy atom. The Balaban J connectivity index is 1.73. The van der Waals surface area contributed by atoms with E-state index >= 15 is 0 Å². The zero-order chi connectivity index (χ0) is 23.2. The van der Waals surface area contributed by atoms with Gasteiger partial charge in [-0.25, -0.2) is 4.79 Å². The Hall–Kier alpha value is -3.04. The standard InChI is InChI=1S/C22H25F3N4O3/c1-3-28-16-12-29(13(2)19(30)27-10-6-7-11-27)20(31)17(16)18(26-21(28)32)14-8-4-5-9-15(14)22(23,24)25/h4-5,8-9,13,18H,3,6-7,10-12H2,1-2H3,(H,26,32)/t13-,18-/m0/s1. The number of halogens is 3. The van der Waals surface area contributed by atoms with Crippen LogP contribution in [0.4, 0.5) is 18.0 Å². The summed E-state index contributed by atoms with van der Waals surface area (Å²) >= 11 is 0. The highest BCUT2D eigenvalue weighted by atomic mass is 19.4. The highest BCUT2D eigenvalue weighted by Crippen LogP contribution is 2.42. The molecule has 0 radical (unpaired) electrons. The van der Waals surface area contributed by atoms with Gasteiger partial charge in [0.2, 0.25) is 5.91 Å². The van der Waals surface area contributed by atoms with Crippen LogP contribution in [0.3, 0.4) is 0 Å². The number of hydrogen-bond donors (Lipinski definition) is 1. The van der Waals surface area contributed by atoms with Crippen molar-refractivity contribution in [1.29, 1.82) is 0 Å². The molecule has 1 N–H and O–H groups in total. The number of nitrogens with zero attached hydrogens (tertiary/aromatic N) is 3. The van der Waals surface area contributed by atoms with Crippen molar-refractivity contribution in [2.45, 2.75) is 44.9 Å². The number of nitrogens with one attached hydrogen (secondary N) is 1. The van der Waals surface area contributed by atoms with Gasteiger partial charge in [0.1, 0.15) is 6.04 Å². The smallest absolute Gasteiger partial charge is 0.341 e. The van der Waals surface area contributed by atoms with Crippen molar-refractivity contribution in [3.05, 3.63) is 46.7 Å². The molecule has 3 aliphatic rings. The van der Waals surface area contributed by atoms with Gasteiger partial charge in [-0.3, -0.25) is 14.5 Å². The van der Waals surface area contributed by atoms with Crippen molar-refractivity contribution < 1.29 is 27.6 Å². The van der Waals surface area contributed by atoms with E-state index in [1.54, 1.807) is 18.7 Å². The first kappa shape index (κ1) is 22.2. The van der Waals surface area contributed by atoms with Gasteiger partial charge in [-0.05, 0) is 38.3 Å². The predicted molar refractivity (Wildman–Crippen MR) is 109 cm³/mol. The molecule has 10 heteroatoms. The zero-order valence-corrected chi connectivity index (χ0v) is 17.9. The topological polar surface area (TPSA) is 73.0 Å². The third-order valence-electron chi connectivity index (χ3n) is 6.39. The minimum Gasteiger partial charge on any atom is -0.341 e. The van der Waals surface area contributed by atoms with Gasteiger partial charge in [0.05, 0.1) is 29.4 Å². The van der Waals surface area contributed by atoms with E-state index < -0.39 is 35.8 Å². The van der Waals surface area contributed by atoms with Gasteiger partial charge in [-0.15, -0.1) is 0 Å². The molecular weight excluding hydrogens is 425 g/mol. The van der Waals surface area contributed by atoms with E-state index in [4.69, 9.17) is 0 Å². The highest BCUT2D eigenvalue weighted by molar-refractivity contribution is 6.03. The minimum absolute atomic E-state index is 0.000851. The van der Waals surface area contributed by atoms with E-state index in [1.807, 2.05) is 0 Å². The fourth-order valence-electron chi connectivity index (χ4n) is 4.74. The number of carbonyl (C=O) groups excluding carboxylic acids is 3. The summed E-state index contributed by atoms with van der Waals surface area (Å²) in [5, 5.41) is 2.58. The monoisotopic (exact) mass is 450 g/mol. The van der Waals surface area contributed by atoms with Crippen molar-refractivity contribution in [3.8, 4) is 0 Å². The van der Waals surface area contributed by atoms with Crippen LogP contribution in [0.15, 0.2) is 35.5 Å². The van der Waals surface area contributed by atoms with Crippen molar-refractivity contribution >= 4 is 17.8 Å². The maximum atomic E-state index is 13.7. The number of benzene rings is 1. The molecular formula is C22H25F3N4O3. The molecule has 1 fully saturated rings. The molecule has 4 rings (SSSR count). The Morgan fingerprint density at radius 1 is 1.19 bits per heavy atom. The maximum absolute atomic E-state index is 13.7. The van der Waals surface area contributed by atoms with Crippen molar-refractivity contribution in [2.75, 3.05) is 26.2 Å². The number of urea groups is 1. The summed E-state index contributed by atoms with van der Waals surface area (Å²) < 4.78 is 41.0. The maximum Gasteiger partial charge on any atom is 0.416 e. The van der Waals surface area contributed by atoms with Gasteiger partial charge in [0.25, 0.3) is 5.91 Å². The molecule has 0 aliphatic carbocycles. The van der Waals surface area contributed by atoms with E-state index in [1.165, 1.54) is 28.0 Å².